The molecule has 9 heteroatoms. The molecule has 0 aliphatic rings. The fourth-order valence-electron chi connectivity index (χ4n) is 0.183. The average Bonchev–Trinajstić information content (AvgIpc) is 2.03. The smallest absolute Gasteiger partial charge is 0.203 e. The first-order chi connectivity index (χ1) is 6.77. The predicted octanol–water partition coefficient (Wildman–Crippen LogP) is 0.849. The molecule has 0 N–H and O–H groups in total. The van der Waals surface area contributed by atoms with Gasteiger partial charge >= 0.3 is 0 Å². The number of nitro groups is 3. The third kappa shape index (κ3) is 124. The van der Waals surface area contributed by atoms with Gasteiger partial charge in [-0.2, -0.15) is 0 Å². The SMILES string of the molecule is CCC[N+](=O)[O-].CC[N+](=O)[O-].C[N+](=O)[O-]. The summed E-state index contributed by atoms with van der Waals surface area (Å²) in [5, 5.41) is 27.4. The van der Waals surface area contributed by atoms with E-state index in [0.29, 0.717) is 6.42 Å². The van der Waals surface area contributed by atoms with Gasteiger partial charge in [0.15, 0.2) is 7.05 Å². The Hall–Kier alpha value is -1.80. The van der Waals surface area contributed by atoms with Gasteiger partial charge in [-0.15, -0.1) is 0 Å². The Morgan fingerprint density at radius 1 is 0.933 bits per heavy atom. The Bertz CT molecular complexity index is 191. The summed E-state index contributed by atoms with van der Waals surface area (Å²) in [4.78, 5) is 26.2. The molecule has 15 heavy (non-hydrogen) atoms. The molecule has 0 rings (SSSR count). The Labute approximate surface area is 86.5 Å². The second kappa shape index (κ2) is 14.7. The zero-order chi connectivity index (χ0) is 12.9. The number of nitrogens with zero attached hydrogens (tertiary/aromatic N) is 3. The molecule has 0 saturated carbocycles. The summed E-state index contributed by atoms with van der Waals surface area (Å²) >= 11 is 0. The van der Waals surface area contributed by atoms with E-state index < -0.39 is 4.92 Å². The third-order valence-electron chi connectivity index (χ3n) is 0.664. The normalized spacial score (nSPS) is 7.40. The van der Waals surface area contributed by atoms with Gasteiger partial charge in [0.05, 0.1) is 0 Å². The fraction of sp³-hybridized carbons (Fsp3) is 1.00. The molecule has 0 fully saturated rings. The molecule has 0 aliphatic carbocycles. The van der Waals surface area contributed by atoms with Gasteiger partial charge in [-0.3, -0.25) is 30.3 Å². The van der Waals surface area contributed by atoms with Gasteiger partial charge in [0.1, 0.15) is 0 Å². The highest BCUT2D eigenvalue weighted by Crippen LogP contribution is 1.72. The minimum Gasteiger partial charge on any atom is -0.265 e. The van der Waals surface area contributed by atoms with Gasteiger partial charge in [0, 0.05) is 28.1 Å². The van der Waals surface area contributed by atoms with Crippen molar-refractivity contribution in [2.45, 2.75) is 20.3 Å². The van der Waals surface area contributed by atoms with Crippen LogP contribution in [-0.4, -0.2) is 34.9 Å². The third-order valence-corrected chi connectivity index (χ3v) is 0.664. The van der Waals surface area contributed by atoms with E-state index in [2.05, 4.69) is 0 Å². The lowest BCUT2D eigenvalue weighted by atomic mass is 10.5. The molecule has 0 aromatic carbocycles. The van der Waals surface area contributed by atoms with Gasteiger partial charge in [-0.1, -0.05) is 6.92 Å². The molecule has 0 bridgehead atoms. The molecule has 90 valence electrons. The highest BCUT2D eigenvalue weighted by molar-refractivity contribution is 4.18. The Morgan fingerprint density at radius 2 is 1.20 bits per heavy atom. The zero-order valence-electron chi connectivity index (χ0n) is 8.91. The molecule has 9 nitrogen and oxygen atoms in total. The minimum absolute atomic E-state index is 0.0278. The molecule has 0 heterocycles. The van der Waals surface area contributed by atoms with Crippen LogP contribution in [0, 0.1) is 30.3 Å². The number of hydrogen-bond donors (Lipinski definition) is 0. The molecule has 0 radical (unpaired) electrons. The molecule has 0 amide bonds. The summed E-state index contributed by atoms with van der Waals surface area (Å²) in [6.45, 7) is 3.41. The second-order valence-electron chi connectivity index (χ2n) is 2.14. The van der Waals surface area contributed by atoms with Crippen LogP contribution in [0.1, 0.15) is 20.3 Å². The van der Waals surface area contributed by atoms with Crippen molar-refractivity contribution >= 4 is 0 Å². The zero-order valence-corrected chi connectivity index (χ0v) is 8.91. The van der Waals surface area contributed by atoms with Crippen LogP contribution in [0.2, 0.25) is 0 Å². The second-order valence-corrected chi connectivity index (χ2v) is 2.14. The molecule has 0 spiro atoms. The summed E-state index contributed by atoms with van der Waals surface area (Å²) in [6.07, 6.45) is 0.632. The Morgan fingerprint density at radius 3 is 1.20 bits per heavy atom. The van der Waals surface area contributed by atoms with E-state index in [0.717, 1.165) is 7.05 Å². The topological polar surface area (TPSA) is 129 Å². The molecule has 0 aromatic rings. The van der Waals surface area contributed by atoms with E-state index in [4.69, 9.17) is 10.1 Å². The van der Waals surface area contributed by atoms with Crippen LogP contribution in [-0.2, 0) is 0 Å². The quantitative estimate of drug-likeness (QED) is 0.516. The van der Waals surface area contributed by atoms with Crippen molar-refractivity contribution in [3.8, 4) is 0 Å². The molecule has 0 atom stereocenters. The van der Waals surface area contributed by atoms with Crippen molar-refractivity contribution in [2.24, 2.45) is 0 Å². The number of rotatable bonds is 3. The van der Waals surface area contributed by atoms with Gasteiger partial charge in [-0.25, -0.2) is 0 Å². The standard InChI is InChI=1S/C3H7NO2.C2H5NO2.CH3NO2/c1-2-3-4(5)6;1-2-3(4)5;1-2(3)4/h2-3H2,1H3;2H2,1H3;1H3. The first-order valence-corrected chi connectivity index (χ1v) is 4.09. The van der Waals surface area contributed by atoms with Crippen molar-refractivity contribution < 1.29 is 14.8 Å². The summed E-state index contributed by atoms with van der Waals surface area (Å²) < 4.78 is 0. The van der Waals surface area contributed by atoms with E-state index in [1.807, 2.05) is 0 Å². The maximum absolute atomic E-state index is 9.40. The summed E-state index contributed by atoms with van der Waals surface area (Å²) in [6, 6.07) is 0. The first-order valence-electron chi connectivity index (χ1n) is 4.09. The van der Waals surface area contributed by atoms with Crippen molar-refractivity contribution in [1.29, 1.82) is 0 Å². The van der Waals surface area contributed by atoms with Gasteiger partial charge in [0.25, 0.3) is 0 Å². The maximum Gasteiger partial charge on any atom is 0.203 e. The summed E-state index contributed by atoms with van der Waals surface area (Å²) in [5.41, 5.74) is 0. The predicted molar refractivity (Wildman–Crippen MR) is 52.6 cm³/mol. The molecule has 0 unspecified atom stereocenters. The van der Waals surface area contributed by atoms with Crippen molar-refractivity contribution in [1.82, 2.24) is 0 Å². The van der Waals surface area contributed by atoms with Gasteiger partial charge in [-0.05, 0) is 0 Å². The van der Waals surface area contributed by atoms with E-state index in [1.54, 1.807) is 6.92 Å². The lowest BCUT2D eigenvalue weighted by Crippen LogP contribution is -1.96. The van der Waals surface area contributed by atoms with Crippen LogP contribution >= 0.6 is 0 Å². The molecular weight excluding hydrogens is 210 g/mol. The summed E-state index contributed by atoms with van der Waals surface area (Å²) in [7, 11) is 0.889. The van der Waals surface area contributed by atoms with Crippen LogP contribution in [0.5, 0.6) is 0 Å². The molecule has 0 aromatic heterocycles. The average molecular weight is 225 g/mol. The molecule has 0 saturated heterocycles. The van der Waals surface area contributed by atoms with Crippen LogP contribution in [0.4, 0.5) is 0 Å². The van der Waals surface area contributed by atoms with Crippen LogP contribution < -0.4 is 0 Å². The largest absolute Gasteiger partial charge is 0.265 e. The van der Waals surface area contributed by atoms with Crippen LogP contribution in [0.25, 0.3) is 0 Å². The summed E-state index contributed by atoms with van der Waals surface area (Å²) in [5.74, 6) is 0. The van der Waals surface area contributed by atoms with E-state index in [-0.39, 0.29) is 22.9 Å². The van der Waals surface area contributed by atoms with E-state index >= 15 is 0 Å². The minimum atomic E-state index is -0.500. The highest BCUT2D eigenvalue weighted by Gasteiger charge is 1.85. The van der Waals surface area contributed by atoms with Crippen LogP contribution in [0.15, 0.2) is 0 Å². The van der Waals surface area contributed by atoms with Gasteiger partial charge < -0.3 is 0 Å². The monoisotopic (exact) mass is 225 g/mol. The van der Waals surface area contributed by atoms with E-state index in [9.17, 15) is 20.2 Å². The highest BCUT2D eigenvalue weighted by atomic mass is 16.6. The Balaban J connectivity index is -0.000000147. The maximum atomic E-state index is 9.40. The number of hydrogen-bond acceptors (Lipinski definition) is 6. The lowest BCUT2D eigenvalue weighted by molar-refractivity contribution is -0.479. The Kier molecular flexibility index (Phi) is 18.5. The first kappa shape index (κ1) is 18.9. The van der Waals surface area contributed by atoms with Crippen molar-refractivity contribution in [3.63, 3.8) is 0 Å². The van der Waals surface area contributed by atoms with Crippen molar-refractivity contribution in [3.05, 3.63) is 30.3 Å². The molecule has 0 aliphatic heterocycles. The van der Waals surface area contributed by atoms with Crippen molar-refractivity contribution in [2.75, 3.05) is 20.1 Å². The van der Waals surface area contributed by atoms with Gasteiger partial charge in [0.2, 0.25) is 13.1 Å². The fourth-order valence-corrected chi connectivity index (χ4v) is 0.183. The van der Waals surface area contributed by atoms with E-state index in [1.165, 1.54) is 6.92 Å². The lowest BCUT2D eigenvalue weighted by Gasteiger charge is -1.80. The molecular formula is C6H15N3O6. The van der Waals surface area contributed by atoms with Crippen LogP contribution in [0.3, 0.4) is 0 Å².